The van der Waals surface area contributed by atoms with Crippen molar-refractivity contribution in [1.29, 1.82) is 0 Å². The number of nitrogens with zero attached hydrogens (tertiary/aromatic N) is 3. The van der Waals surface area contributed by atoms with Gasteiger partial charge in [0.2, 0.25) is 0 Å². The minimum Gasteiger partial charge on any atom is -0.379 e. The van der Waals surface area contributed by atoms with Gasteiger partial charge in [0.1, 0.15) is 5.00 Å². The Labute approximate surface area is 135 Å². The van der Waals surface area contributed by atoms with E-state index in [9.17, 15) is 4.79 Å². The molecule has 2 atom stereocenters. The molecule has 2 aliphatic heterocycles. The molecule has 0 bridgehead atoms. The number of rotatable bonds is 3. The zero-order valence-corrected chi connectivity index (χ0v) is 14.3. The lowest BCUT2D eigenvalue weighted by molar-refractivity contribution is 0.0119. The molecule has 2 saturated heterocycles. The summed E-state index contributed by atoms with van der Waals surface area (Å²) in [5.74, 6) is 0.602. The highest BCUT2D eigenvalue weighted by Crippen LogP contribution is 2.29. The van der Waals surface area contributed by atoms with E-state index in [-0.39, 0.29) is 5.91 Å². The first kappa shape index (κ1) is 15.7. The molecule has 1 amide bonds. The molecule has 2 unspecified atom stereocenters. The first-order valence-corrected chi connectivity index (χ1v) is 8.64. The number of morpholine rings is 1. The van der Waals surface area contributed by atoms with Crippen LogP contribution >= 0.6 is 11.5 Å². The Bertz CT molecular complexity index is 542. The van der Waals surface area contributed by atoms with E-state index in [0.717, 1.165) is 55.7 Å². The molecule has 2 aliphatic rings. The predicted molar refractivity (Wildman–Crippen MR) is 87.6 cm³/mol. The molecule has 3 heterocycles. The van der Waals surface area contributed by atoms with Crippen LogP contribution in [0.3, 0.4) is 0 Å². The number of aromatic nitrogens is 1. The molecular weight excluding hydrogens is 300 g/mol. The van der Waals surface area contributed by atoms with Crippen LogP contribution in [0.25, 0.3) is 0 Å². The van der Waals surface area contributed by atoms with Gasteiger partial charge in [-0.2, -0.15) is 4.37 Å². The number of carbonyl (C=O) groups is 1. The van der Waals surface area contributed by atoms with Crippen molar-refractivity contribution < 1.29 is 9.53 Å². The fourth-order valence-electron chi connectivity index (χ4n) is 3.45. The molecule has 6 nitrogen and oxygen atoms in total. The van der Waals surface area contributed by atoms with Crippen molar-refractivity contribution in [1.82, 2.24) is 14.2 Å². The Morgan fingerprint density at radius 3 is 2.77 bits per heavy atom. The lowest BCUT2D eigenvalue weighted by atomic mass is 10.0. The fourth-order valence-corrected chi connectivity index (χ4v) is 4.19. The van der Waals surface area contributed by atoms with Crippen LogP contribution in [0.15, 0.2) is 0 Å². The maximum atomic E-state index is 12.9. The standard InChI is InChI=1S/C15H24N4O2S/c1-10-8-19(9-12(10)18-4-6-21-7-5-18)15(20)13-11(2)17-22-14(13)16-3/h10,12,16H,4-9H2,1-3H3. The average Bonchev–Trinajstić information content (AvgIpc) is 3.10. The first-order chi connectivity index (χ1) is 10.6. The largest absolute Gasteiger partial charge is 0.379 e. The van der Waals surface area contributed by atoms with Crippen LogP contribution in [-0.2, 0) is 4.74 Å². The van der Waals surface area contributed by atoms with Gasteiger partial charge in [-0.3, -0.25) is 9.69 Å². The summed E-state index contributed by atoms with van der Waals surface area (Å²) < 4.78 is 9.75. The third kappa shape index (κ3) is 2.85. The zero-order chi connectivity index (χ0) is 15.7. The smallest absolute Gasteiger partial charge is 0.258 e. The normalized spacial score (nSPS) is 26.4. The third-order valence-electron chi connectivity index (χ3n) is 4.68. The van der Waals surface area contributed by atoms with Gasteiger partial charge in [0.05, 0.1) is 24.5 Å². The quantitative estimate of drug-likeness (QED) is 0.908. The summed E-state index contributed by atoms with van der Waals surface area (Å²) in [5.41, 5.74) is 1.56. The van der Waals surface area contributed by atoms with Crippen LogP contribution in [0.2, 0.25) is 0 Å². The molecule has 0 saturated carbocycles. The number of carbonyl (C=O) groups excluding carboxylic acids is 1. The minimum absolute atomic E-state index is 0.109. The number of amides is 1. The topological polar surface area (TPSA) is 57.7 Å². The molecule has 0 aromatic carbocycles. The molecule has 1 aromatic rings. The molecular formula is C15H24N4O2S. The summed E-state index contributed by atoms with van der Waals surface area (Å²) in [7, 11) is 1.84. The Hall–Kier alpha value is -1.18. The van der Waals surface area contributed by atoms with Crippen molar-refractivity contribution in [2.24, 2.45) is 5.92 Å². The van der Waals surface area contributed by atoms with E-state index in [4.69, 9.17) is 4.74 Å². The average molecular weight is 324 g/mol. The monoisotopic (exact) mass is 324 g/mol. The van der Waals surface area contributed by atoms with E-state index < -0.39 is 0 Å². The molecule has 22 heavy (non-hydrogen) atoms. The number of ether oxygens (including phenoxy) is 1. The lowest BCUT2D eigenvalue weighted by Gasteiger charge is -2.34. The lowest BCUT2D eigenvalue weighted by Crippen LogP contribution is -2.47. The van der Waals surface area contributed by atoms with Crippen LogP contribution in [0.1, 0.15) is 23.0 Å². The highest BCUT2D eigenvalue weighted by atomic mass is 32.1. The second kappa shape index (κ2) is 6.52. The second-order valence-corrected chi connectivity index (χ2v) is 6.90. The summed E-state index contributed by atoms with van der Waals surface area (Å²) in [6.07, 6.45) is 0. The second-order valence-electron chi connectivity index (χ2n) is 6.13. The number of nitrogens with one attached hydrogen (secondary N) is 1. The van der Waals surface area contributed by atoms with E-state index in [0.29, 0.717) is 12.0 Å². The molecule has 0 spiro atoms. The van der Waals surface area contributed by atoms with Crippen molar-refractivity contribution in [3.05, 3.63) is 11.3 Å². The molecule has 0 aliphatic carbocycles. The third-order valence-corrected chi connectivity index (χ3v) is 5.63. The van der Waals surface area contributed by atoms with Crippen molar-refractivity contribution in [2.75, 3.05) is 51.8 Å². The van der Waals surface area contributed by atoms with Crippen LogP contribution in [-0.4, -0.2) is 72.6 Å². The predicted octanol–water partition coefficient (Wildman–Crippen LogP) is 1.29. The first-order valence-electron chi connectivity index (χ1n) is 7.87. The number of likely N-dealkylation sites (tertiary alicyclic amines) is 1. The summed E-state index contributed by atoms with van der Waals surface area (Å²) in [6, 6.07) is 0.442. The van der Waals surface area contributed by atoms with Crippen molar-refractivity contribution in [3.63, 3.8) is 0 Å². The van der Waals surface area contributed by atoms with Gasteiger partial charge in [0, 0.05) is 39.3 Å². The number of anilines is 1. The van der Waals surface area contributed by atoms with Gasteiger partial charge in [0.25, 0.3) is 5.91 Å². The number of aryl methyl sites for hydroxylation is 1. The molecule has 1 N–H and O–H groups in total. The van der Waals surface area contributed by atoms with Crippen LogP contribution in [0.4, 0.5) is 5.00 Å². The molecule has 7 heteroatoms. The van der Waals surface area contributed by atoms with Crippen LogP contribution in [0, 0.1) is 12.8 Å². The summed E-state index contributed by atoms with van der Waals surface area (Å²) in [6.45, 7) is 9.31. The van der Waals surface area contributed by atoms with Crippen molar-refractivity contribution in [2.45, 2.75) is 19.9 Å². The Kier molecular flexibility index (Phi) is 4.65. The molecule has 1 aromatic heterocycles. The molecule has 2 fully saturated rings. The van der Waals surface area contributed by atoms with Gasteiger partial charge in [-0.05, 0) is 24.4 Å². The summed E-state index contributed by atoms with van der Waals surface area (Å²) in [5, 5.41) is 3.95. The minimum atomic E-state index is 0.109. The maximum absolute atomic E-state index is 12.9. The summed E-state index contributed by atoms with van der Waals surface area (Å²) in [4.78, 5) is 17.4. The Balaban J connectivity index is 1.73. The summed E-state index contributed by atoms with van der Waals surface area (Å²) >= 11 is 1.36. The van der Waals surface area contributed by atoms with Crippen LogP contribution < -0.4 is 5.32 Å². The highest BCUT2D eigenvalue weighted by molar-refractivity contribution is 7.10. The zero-order valence-electron chi connectivity index (χ0n) is 13.5. The van der Waals surface area contributed by atoms with E-state index in [1.165, 1.54) is 11.5 Å². The van der Waals surface area contributed by atoms with Gasteiger partial charge >= 0.3 is 0 Å². The molecule has 3 rings (SSSR count). The van der Waals surface area contributed by atoms with E-state index >= 15 is 0 Å². The van der Waals surface area contributed by atoms with E-state index in [1.807, 2.05) is 18.9 Å². The van der Waals surface area contributed by atoms with Crippen LogP contribution in [0.5, 0.6) is 0 Å². The number of hydrogen-bond donors (Lipinski definition) is 1. The number of hydrogen-bond acceptors (Lipinski definition) is 6. The Morgan fingerprint density at radius 1 is 1.36 bits per heavy atom. The Morgan fingerprint density at radius 2 is 2.09 bits per heavy atom. The van der Waals surface area contributed by atoms with E-state index in [2.05, 4.69) is 21.5 Å². The fraction of sp³-hybridized carbons (Fsp3) is 0.733. The van der Waals surface area contributed by atoms with Gasteiger partial charge in [-0.1, -0.05) is 6.92 Å². The van der Waals surface area contributed by atoms with Crippen molar-refractivity contribution in [3.8, 4) is 0 Å². The highest BCUT2D eigenvalue weighted by Gasteiger charge is 2.38. The van der Waals surface area contributed by atoms with Gasteiger partial charge in [-0.15, -0.1) is 0 Å². The van der Waals surface area contributed by atoms with Gasteiger partial charge < -0.3 is 15.0 Å². The van der Waals surface area contributed by atoms with E-state index in [1.54, 1.807) is 0 Å². The SMILES string of the molecule is CNc1snc(C)c1C(=O)N1CC(C)C(N2CCOCC2)C1. The van der Waals surface area contributed by atoms with Crippen molar-refractivity contribution >= 4 is 22.4 Å². The van der Waals surface area contributed by atoms with Gasteiger partial charge in [-0.25, -0.2) is 0 Å². The maximum Gasteiger partial charge on any atom is 0.258 e. The molecule has 122 valence electrons. The van der Waals surface area contributed by atoms with Gasteiger partial charge in [0.15, 0.2) is 0 Å². The molecule has 0 radical (unpaired) electrons.